The second-order valence-electron chi connectivity index (χ2n) is 4.39. The van der Waals surface area contributed by atoms with Crippen LogP contribution in [0.15, 0.2) is 35.7 Å². The third-order valence-electron chi connectivity index (χ3n) is 2.97. The van der Waals surface area contributed by atoms with E-state index in [1.54, 1.807) is 11.3 Å². The Hall–Kier alpha value is -1.45. The van der Waals surface area contributed by atoms with Crippen LogP contribution in [-0.4, -0.2) is 9.97 Å². The predicted octanol–water partition coefficient (Wildman–Crippen LogP) is 4.96. The van der Waals surface area contributed by atoms with E-state index >= 15 is 0 Å². The molecule has 96 valence electrons. The molecule has 2 nitrogen and oxygen atoms in total. The number of aromatic nitrogens is 2. The molecule has 0 bridgehead atoms. The van der Waals surface area contributed by atoms with E-state index < -0.39 is 0 Å². The number of hydrogen-bond acceptors (Lipinski definition) is 3. The third-order valence-corrected chi connectivity index (χ3v) is 4.13. The van der Waals surface area contributed by atoms with Crippen LogP contribution in [0.25, 0.3) is 21.3 Å². The lowest BCUT2D eigenvalue weighted by atomic mass is 10.1. The van der Waals surface area contributed by atoms with Gasteiger partial charge >= 0.3 is 0 Å². The minimum Gasteiger partial charge on any atom is -0.233 e. The maximum atomic E-state index is 6.11. The molecule has 0 unspecified atom stereocenters. The van der Waals surface area contributed by atoms with Crippen LogP contribution in [-0.2, 0) is 6.42 Å². The Morgan fingerprint density at radius 2 is 2.11 bits per heavy atom. The minimum absolute atomic E-state index is 0.516. The summed E-state index contributed by atoms with van der Waals surface area (Å²) in [4.78, 5) is 8.91. The second kappa shape index (κ2) is 5.27. The van der Waals surface area contributed by atoms with Gasteiger partial charge in [0.15, 0.2) is 0 Å². The molecule has 3 rings (SSSR count). The second-order valence-corrected chi connectivity index (χ2v) is 5.69. The molecule has 0 fully saturated rings. The molecule has 0 spiro atoms. The van der Waals surface area contributed by atoms with Crippen molar-refractivity contribution >= 4 is 33.0 Å². The van der Waals surface area contributed by atoms with Gasteiger partial charge in [0.2, 0.25) is 0 Å². The smallest absolute Gasteiger partial charge is 0.133 e. The summed E-state index contributed by atoms with van der Waals surface area (Å²) in [5.41, 5.74) is 2.05. The first kappa shape index (κ1) is 12.6. The van der Waals surface area contributed by atoms with Gasteiger partial charge in [-0.25, -0.2) is 9.97 Å². The highest BCUT2D eigenvalue weighted by Crippen LogP contribution is 2.32. The SMILES string of the molecule is CCCc1nc(Cl)cc(-c2cccc3ccsc23)n1. The molecule has 0 saturated carbocycles. The van der Waals surface area contributed by atoms with Crippen molar-refractivity contribution in [1.29, 1.82) is 0 Å². The zero-order valence-corrected chi connectivity index (χ0v) is 12.1. The molecule has 1 aromatic carbocycles. The fourth-order valence-corrected chi connectivity index (χ4v) is 3.26. The molecular weight excluding hydrogens is 276 g/mol. The zero-order chi connectivity index (χ0) is 13.2. The summed E-state index contributed by atoms with van der Waals surface area (Å²) in [6.45, 7) is 2.12. The highest BCUT2D eigenvalue weighted by molar-refractivity contribution is 7.17. The number of thiophene rings is 1. The average Bonchev–Trinajstić information content (AvgIpc) is 2.86. The Morgan fingerprint density at radius 3 is 2.95 bits per heavy atom. The van der Waals surface area contributed by atoms with Crippen LogP contribution in [0.1, 0.15) is 19.2 Å². The van der Waals surface area contributed by atoms with Gasteiger partial charge in [-0.15, -0.1) is 11.3 Å². The van der Waals surface area contributed by atoms with Crippen molar-refractivity contribution in [3.05, 3.63) is 46.7 Å². The molecule has 0 aliphatic heterocycles. The van der Waals surface area contributed by atoms with Crippen molar-refractivity contribution in [2.45, 2.75) is 19.8 Å². The van der Waals surface area contributed by atoms with E-state index in [1.165, 1.54) is 10.1 Å². The molecule has 0 amide bonds. The van der Waals surface area contributed by atoms with E-state index in [9.17, 15) is 0 Å². The number of nitrogens with zero attached hydrogens (tertiary/aromatic N) is 2. The number of hydrogen-bond donors (Lipinski definition) is 0. The highest BCUT2D eigenvalue weighted by Gasteiger charge is 2.09. The van der Waals surface area contributed by atoms with Crippen LogP contribution in [0, 0.1) is 0 Å². The highest BCUT2D eigenvalue weighted by atomic mass is 35.5. The first-order chi connectivity index (χ1) is 9.28. The van der Waals surface area contributed by atoms with Crippen molar-refractivity contribution in [3.63, 3.8) is 0 Å². The van der Waals surface area contributed by atoms with E-state index in [4.69, 9.17) is 11.6 Å². The normalized spacial score (nSPS) is 11.1. The van der Waals surface area contributed by atoms with Crippen molar-refractivity contribution in [2.75, 3.05) is 0 Å². The lowest BCUT2D eigenvalue weighted by Crippen LogP contribution is -1.97. The first-order valence-corrected chi connectivity index (χ1v) is 7.53. The Bertz CT molecular complexity index is 721. The van der Waals surface area contributed by atoms with Crippen molar-refractivity contribution in [2.24, 2.45) is 0 Å². The Labute approximate surface area is 121 Å². The Balaban J connectivity index is 2.18. The fraction of sp³-hybridized carbons (Fsp3) is 0.200. The van der Waals surface area contributed by atoms with E-state index in [2.05, 4.69) is 46.5 Å². The number of fused-ring (bicyclic) bond motifs is 1. The van der Waals surface area contributed by atoms with E-state index in [1.807, 2.05) is 6.07 Å². The zero-order valence-electron chi connectivity index (χ0n) is 10.6. The fourth-order valence-electron chi connectivity index (χ4n) is 2.13. The van der Waals surface area contributed by atoms with E-state index in [0.29, 0.717) is 5.15 Å². The maximum Gasteiger partial charge on any atom is 0.133 e. The number of aryl methyl sites for hydroxylation is 1. The minimum atomic E-state index is 0.516. The predicted molar refractivity (Wildman–Crippen MR) is 81.9 cm³/mol. The molecule has 2 aromatic heterocycles. The molecule has 0 atom stereocenters. The van der Waals surface area contributed by atoms with Crippen LogP contribution in [0.4, 0.5) is 0 Å². The largest absolute Gasteiger partial charge is 0.233 e. The van der Waals surface area contributed by atoms with Gasteiger partial charge in [0.25, 0.3) is 0 Å². The van der Waals surface area contributed by atoms with Gasteiger partial charge in [-0.1, -0.05) is 36.7 Å². The topological polar surface area (TPSA) is 25.8 Å². The standard InChI is InChI=1S/C15H13ClN2S/c1-2-4-14-17-12(9-13(16)18-14)11-6-3-5-10-7-8-19-15(10)11/h3,5-9H,2,4H2,1H3. The molecular formula is C15H13ClN2S. The van der Waals surface area contributed by atoms with Crippen LogP contribution < -0.4 is 0 Å². The Morgan fingerprint density at radius 1 is 1.21 bits per heavy atom. The number of halogens is 1. The lowest BCUT2D eigenvalue weighted by Gasteiger charge is -2.06. The van der Waals surface area contributed by atoms with Gasteiger partial charge < -0.3 is 0 Å². The molecule has 0 aliphatic carbocycles. The molecule has 2 heterocycles. The third kappa shape index (κ3) is 2.48. The van der Waals surface area contributed by atoms with Crippen LogP contribution in [0.2, 0.25) is 5.15 Å². The summed E-state index contributed by atoms with van der Waals surface area (Å²) >= 11 is 7.84. The molecule has 0 saturated heterocycles. The monoisotopic (exact) mass is 288 g/mol. The molecule has 0 N–H and O–H groups in total. The quantitative estimate of drug-likeness (QED) is 0.636. The number of rotatable bonds is 3. The van der Waals surface area contributed by atoms with Gasteiger partial charge in [0.1, 0.15) is 11.0 Å². The molecule has 19 heavy (non-hydrogen) atoms. The molecule has 0 aliphatic rings. The molecule has 4 heteroatoms. The average molecular weight is 289 g/mol. The van der Waals surface area contributed by atoms with E-state index in [-0.39, 0.29) is 0 Å². The lowest BCUT2D eigenvalue weighted by molar-refractivity contribution is 0.837. The van der Waals surface area contributed by atoms with Crippen molar-refractivity contribution < 1.29 is 0 Å². The van der Waals surface area contributed by atoms with Crippen LogP contribution in [0.3, 0.4) is 0 Å². The van der Waals surface area contributed by atoms with Crippen molar-refractivity contribution in [1.82, 2.24) is 9.97 Å². The summed E-state index contributed by atoms with van der Waals surface area (Å²) in [7, 11) is 0. The Kier molecular flexibility index (Phi) is 3.49. The van der Waals surface area contributed by atoms with Crippen LogP contribution in [0.5, 0.6) is 0 Å². The van der Waals surface area contributed by atoms with Crippen LogP contribution >= 0.6 is 22.9 Å². The summed E-state index contributed by atoms with van der Waals surface area (Å²) in [5, 5.41) is 3.86. The van der Waals surface area contributed by atoms with Gasteiger partial charge in [0.05, 0.1) is 5.69 Å². The first-order valence-electron chi connectivity index (χ1n) is 6.28. The summed E-state index contributed by atoms with van der Waals surface area (Å²) in [6.07, 6.45) is 1.87. The maximum absolute atomic E-state index is 6.11. The summed E-state index contributed by atoms with van der Waals surface area (Å²) in [5.74, 6) is 0.818. The van der Waals surface area contributed by atoms with Gasteiger partial charge in [-0.05, 0) is 23.3 Å². The number of benzene rings is 1. The molecule has 3 aromatic rings. The van der Waals surface area contributed by atoms with E-state index in [0.717, 1.165) is 29.9 Å². The summed E-state index contributed by atoms with van der Waals surface area (Å²) < 4.78 is 1.25. The van der Waals surface area contributed by atoms with Gasteiger partial charge in [0, 0.05) is 22.8 Å². The molecule has 0 radical (unpaired) electrons. The van der Waals surface area contributed by atoms with Gasteiger partial charge in [-0.2, -0.15) is 0 Å². The van der Waals surface area contributed by atoms with Gasteiger partial charge in [-0.3, -0.25) is 0 Å². The summed E-state index contributed by atoms with van der Waals surface area (Å²) in [6, 6.07) is 10.2. The van der Waals surface area contributed by atoms with Crippen molar-refractivity contribution in [3.8, 4) is 11.3 Å².